The van der Waals surface area contributed by atoms with E-state index in [0.29, 0.717) is 16.7 Å². The Labute approximate surface area is 178 Å². The summed E-state index contributed by atoms with van der Waals surface area (Å²) in [5.74, 6) is -0.651. The number of nitro benzene ring substituents is 1. The van der Waals surface area contributed by atoms with Crippen molar-refractivity contribution in [1.29, 1.82) is 0 Å². The van der Waals surface area contributed by atoms with E-state index < -0.39 is 17.0 Å². The number of ketones is 2. The molecule has 3 aromatic carbocycles. The number of hydrogen-bond donors (Lipinski definition) is 0. The van der Waals surface area contributed by atoms with Crippen molar-refractivity contribution in [1.82, 2.24) is 5.01 Å². The van der Waals surface area contributed by atoms with Gasteiger partial charge in [-0.2, -0.15) is 5.11 Å². The Balaban J connectivity index is 1.70. The van der Waals surface area contributed by atoms with Crippen molar-refractivity contribution >= 4 is 17.3 Å². The molecule has 1 aliphatic rings. The van der Waals surface area contributed by atoms with E-state index in [4.69, 9.17) is 0 Å². The number of para-hydroxylation sites is 1. The highest BCUT2D eigenvalue weighted by atomic mass is 16.6. The second-order valence-electron chi connectivity index (χ2n) is 7.04. The predicted octanol–water partition coefficient (Wildman–Crippen LogP) is 4.28. The van der Waals surface area contributed by atoms with Gasteiger partial charge in [0.15, 0.2) is 17.6 Å². The molecular weight excluding hydrogens is 396 g/mol. The SMILES string of the molecule is O=C(c1ccccc1)[C@@H]1[C@H](C(=O)c2ccccc2)N=NN1Cc1ccccc1[N+](=O)[O-]. The van der Waals surface area contributed by atoms with Gasteiger partial charge in [-0.1, -0.05) is 84.1 Å². The van der Waals surface area contributed by atoms with Gasteiger partial charge in [-0.05, 0) is 0 Å². The minimum atomic E-state index is -1.04. The van der Waals surface area contributed by atoms with Crippen molar-refractivity contribution in [3.05, 3.63) is 112 Å². The molecule has 4 rings (SSSR count). The third-order valence-electron chi connectivity index (χ3n) is 5.09. The quantitative estimate of drug-likeness (QED) is 0.326. The lowest BCUT2D eigenvalue weighted by Crippen LogP contribution is -2.45. The van der Waals surface area contributed by atoms with Gasteiger partial charge in [0, 0.05) is 17.2 Å². The largest absolute Gasteiger partial charge is 0.292 e. The van der Waals surface area contributed by atoms with E-state index in [2.05, 4.69) is 10.3 Å². The monoisotopic (exact) mass is 414 g/mol. The van der Waals surface area contributed by atoms with Gasteiger partial charge in [0.25, 0.3) is 5.69 Å². The first-order valence-electron chi connectivity index (χ1n) is 9.64. The molecule has 8 nitrogen and oxygen atoms in total. The van der Waals surface area contributed by atoms with Crippen LogP contribution in [-0.2, 0) is 6.54 Å². The van der Waals surface area contributed by atoms with Crippen LogP contribution >= 0.6 is 0 Å². The Hall–Kier alpha value is -4.20. The Kier molecular flexibility index (Phi) is 5.61. The molecule has 0 saturated carbocycles. The van der Waals surface area contributed by atoms with Gasteiger partial charge in [-0.15, -0.1) is 0 Å². The lowest BCUT2D eigenvalue weighted by molar-refractivity contribution is -0.385. The topological polar surface area (TPSA) is 105 Å². The van der Waals surface area contributed by atoms with E-state index in [1.54, 1.807) is 78.9 Å². The Bertz CT molecular complexity index is 1150. The molecule has 0 fully saturated rings. The minimum Gasteiger partial charge on any atom is -0.292 e. The summed E-state index contributed by atoms with van der Waals surface area (Å²) in [6.07, 6.45) is 0. The fraction of sp³-hybridized carbons (Fsp3) is 0.130. The standard InChI is InChI=1S/C23H18N4O4/c28-22(16-9-3-1-4-10-16)20-21(23(29)17-11-5-2-6-12-17)26(25-24-20)15-18-13-7-8-14-19(18)27(30)31/h1-14,20-21H,15H2/t20-,21+/m1/s1. The van der Waals surface area contributed by atoms with Crippen molar-refractivity contribution in [2.24, 2.45) is 10.3 Å². The molecule has 0 spiro atoms. The molecule has 0 unspecified atom stereocenters. The third-order valence-corrected chi connectivity index (χ3v) is 5.09. The van der Waals surface area contributed by atoms with Crippen molar-refractivity contribution in [3.63, 3.8) is 0 Å². The molecule has 0 aliphatic carbocycles. The highest BCUT2D eigenvalue weighted by Gasteiger charge is 2.43. The third kappa shape index (κ3) is 4.09. The molecule has 0 radical (unpaired) electrons. The highest BCUT2D eigenvalue weighted by Crippen LogP contribution is 2.29. The second-order valence-corrected chi connectivity index (χ2v) is 7.04. The Morgan fingerprint density at radius 1 is 0.839 bits per heavy atom. The van der Waals surface area contributed by atoms with Gasteiger partial charge >= 0.3 is 0 Å². The van der Waals surface area contributed by atoms with E-state index >= 15 is 0 Å². The van der Waals surface area contributed by atoms with E-state index in [1.165, 1.54) is 11.1 Å². The van der Waals surface area contributed by atoms with Crippen LogP contribution in [-0.4, -0.2) is 33.6 Å². The number of Topliss-reactive ketones (excluding diaryl/α,β-unsaturated/α-hetero) is 2. The molecule has 2 atom stereocenters. The van der Waals surface area contributed by atoms with Crippen LogP contribution in [0.4, 0.5) is 5.69 Å². The van der Waals surface area contributed by atoms with Crippen LogP contribution in [0.25, 0.3) is 0 Å². The van der Waals surface area contributed by atoms with Gasteiger partial charge in [0.05, 0.1) is 17.0 Å². The zero-order chi connectivity index (χ0) is 21.8. The van der Waals surface area contributed by atoms with Crippen LogP contribution in [0.2, 0.25) is 0 Å². The molecular formula is C23H18N4O4. The predicted molar refractivity (Wildman–Crippen MR) is 113 cm³/mol. The minimum absolute atomic E-state index is 0.0253. The van der Waals surface area contributed by atoms with Crippen LogP contribution in [0.1, 0.15) is 26.3 Å². The summed E-state index contributed by atoms with van der Waals surface area (Å²) in [4.78, 5) is 37.4. The van der Waals surface area contributed by atoms with Crippen molar-refractivity contribution < 1.29 is 14.5 Å². The molecule has 8 heteroatoms. The first kappa shape index (κ1) is 20.1. The second kappa shape index (κ2) is 8.66. The zero-order valence-electron chi connectivity index (χ0n) is 16.4. The van der Waals surface area contributed by atoms with Gasteiger partial charge in [-0.3, -0.25) is 24.7 Å². The van der Waals surface area contributed by atoms with Gasteiger partial charge in [0.2, 0.25) is 0 Å². The van der Waals surface area contributed by atoms with Gasteiger partial charge in [0.1, 0.15) is 6.04 Å². The number of nitrogens with zero attached hydrogens (tertiary/aromatic N) is 4. The number of nitro groups is 1. The number of rotatable bonds is 7. The van der Waals surface area contributed by atoms with Gasteiger partial charge < -0.3 is 0 Å². The fourth-order valence-electron chi connectivity index (χ4n) is 3.55. The molecule has 3 aromatic rings. The highest BCUT2D eigenvalue weighted by molar-refractivity contribution is 6.08. The van der Waals surface area contributed by atoms with Crippen LogP contribution in [0.15, 0.2) is 95.3 Å². The molecule has 0 aromatic heterocycles. The number of hydrogen-bond acceptors (Lipinski definition) is 7. The smallest absolute Gasteiger partial charge is 0.274 e. The summed E-state index contributed by atoms with van der Waals surface area (Å²) in [5.41, 5.74) is 1.13. The summed E-state index contributed by atoms with van der Waals surface area (Å²) in [7, 11) is 0. The molecule has 31 heavy (non-hydrogen) atoms. The lowest BCUT2D eigenvalue weighted by Gasteiger charge is -2.24. The average Bonchev–Trinajstić information content (AvgIpc) is 3.22. The van der Waals surface area contributed by atoms with Crippen LogP contribution in [0.5, 0.6) is 0 Å². The van der Waals surface area contributed by atoms with E-state index in [9.17, 15) is 19.7 Å². The maximum Gasteiger partial charge on any atom is 0.274 e. The summed E-state index contributed by atoms with van der Waals surface area (Å²) in [5, 5.41) is 21.0. The molecule has 0 bridgehead atoms. The summed E-state index contributed by atoms with van der Waals surface area (Å²) < 4.78 is 0. The number of benzene rings is 3. The Morgan fingerprint density at radius 2 is 1.39 bits per heavy atom. The van der Waals surface area contributed by atoms with E-state index in [-0.39, 0.29) is 23.8 Å². The number of carbonyl (C=O) groups is 2. The first-order valence-corrected chi connectivity index (χ1v) is 9.64. The zero-order valence-corrected chi connectivity index (χ0v) is 16.4. The lowest BCUT2D eigenvalue weighted by atomic mass is 9.92. The molecule has 154 valence electrons. The number of carbonyl (C=O) groups excluding carboxylic acids is 2. The first-order chi connectivity index (χ1) is 15.1. The average molecular weight is 414 g/mol. The van der Waals surface area contributed by atoms with Crippen molar-refractivity contribution in [3.8, 4) is 0 Å². The van der Waals surface area contributed by atoms with Crippen molar-refractivity contribution in [2.45, 2.75) is 18.6 Å². The maximum atomic E-state index is 13.4. The normalized spacial score (nSPS) is 17.5. The molecule has 0 N–H and O–H groups in total. The summed E-state index contributed by atoms with van der Waals surface area (Å²) >= 11 is 0. The molecule has 1 heterocycles. The Morgan fingerprint density at radius 3 is 2.00 bits per heavy atom. The van der Waals surface area contributed by atoms with Crippen LogP contribution in [0, 0.1) is 10.1 Å². The van der Waals surface area contributed by atoms with E-state index in [1.807, 2.05) is 0 Å². The van der Waals surface area contributed by atoms with E-state index in [0.717, 1.165) is 0 Å². The van der Waals surface area contributed by atoms with Crippen molar-refractivity contribution in [2.75, 3.05) is 0 Å². The van der Waals surface area contributed by atoms with Crippen LogP contribution in [0.3, 0.4) is 0 Å². The molecule has 0 amide bonds. The molecule has 0 saturated heterocycles. The fourth-order valence-corrected chi connectivity index (χ4v) is 3.55. The molecule has 1 aliphatic heterocycles. The summed E-state index contributed by atoms with van der Waals surface area (Å²) in [6, 6.07) is 21.3. The van der Waals surface area contributed by atoms with Gasteiger partial charge in [-0.25, -0.2) is 0 Å². The summed E-state index contributed by atoms with van der Waals surface area (Å²) in [6.45, 7) is -0.0253. The van der Waals surface area contributed by atoms with Crippen LogP contribution < -0.4 is 0 Å². The maximum absolute atomic E-state index is 13.4.